The summed E-state index contributed by atoms with van der Waals surface area (Å²) in [6.45, 7) is 0.391. The monoisotopic (exact) mass is 260 g/mol. The van der Waals surface area contributed by atoms with Crippen molar-refractivity contribution in [3.8, 4) is 0 Å². The lowest BCUT2D eigenvalue weighted by Gasteiger charge is -2.43. The van der Waals surface area contributed by atoms with Crippen molar-refractivity contribution in [2.24, 2.45) is 11.3 Å². The molecule has 0 atom stereocenters. The Morgan fingerprint density at radius 1 is 1.21 bits per heavy atom. The fourth-order valence-electron chi connectivity index (χ4n) is 3.81. The van der Waals surface area contributed by atoms with E-state index in [0.717, 1.165) is 0 Å². The van der Waals surface area contributed by atoms with Gasteiger partial charge in [0.05, 0.1) is 12.5 Å². The molecule has 2 saturated carbocycles. The topological polar surface area (TPSA) is 33.4 Å². The van der Waals surface area contributed by atoms with Gasteiger partial charge in [0.2, 0.25) is 0 Å². The Morgan fingerprint density at radius 2 is 1.95 bits per heavy atom. The molecule has 0 aliphatic heterocycles. The molecule has 1 heterocycles. The van der Waals surface area contributed by atoms with Gasteiger partial charge < -0.3 is 9.52 Å². The zero-order valence-corrected chi connectivity index (χ0v) is 11.6. The molecule has 104 valence electrons. The third-order valence-electron chi connectivity index (χ3n) is 5.29. The van der Waals surface area contributed by atoms with E-state index >= 15 is 0 Å². The number of aliphatic hydroxyl groups is 1. The van der Waals surface area contributed by atoms with Gasteiger partial charge in [0.25, 0.3) is 0 Å². The molecule has 2 heteroatoms. The van der Waals surface area contributed by atoms with E-state index in [9.17, 15) is 5.11 Å². The molecule has 0 aromatic carbocycles. The van der Waals surface area contributed by atoms with Crippen LogP contribution in [0.5, 0.6) is 0 Å². The van der Waals surface area contributed by atoms with E-state index in [4.69, 9.17) is 4.42 Å². The summed E-state index contributed by atoms with van der Waals surface area (Å²) in [6.07, 6.45) is 16.2. The summed E-state index contributed by atoms with van der Waals surface area (Å²) in [7, 11) is 0. The first-order valence-electron chi connectivity index (χ1n) is 7.62. The predicted octanol–water partition coefficient (Wildman–Crippen LogP) is 4.41. The van der Waals surface area contributed by atoms with Crippen LogP contribution in [-0.2, 0) is 0 Å². The molecule has 0 unspecified atom stereocenters. The standard InChI is InChI=1S/C17H24O2/c18-12-15-3-8-17(9-4-15)6-1-14(2-7-17)11-16-5-10-19-13-16/h5,10-11,13,15,18H,1-4,6-9,12H2. The van der Waals surface area contributed by atoms with E-state index in [0.29, 0.717) is 17.9 Å². The van der Waals surface area contributed by atoms with Crippen LogP contribution in [0.3, 0.4) is 0 Å². The number of furan rings is 1. The van der Waals surface area contributed by atoms with Crippen molar-refractivity contribution in [2.75, 3.05) is 6.61 Å². The first kappa shape index (κ1) is 13.0. The van der Waals surface area contributed by atoms with Crippen molar-refractivity contribution in [3.63, 3.8) is 0 Å². The predicted molar refractivity (Wildman–Crippen MR) is 76.6 cm³/mol. The van der Waals surface area contributed by atoms with Crippen LogP contribution < -0.4 is 0 Å². The number of allylic oxidation sites excluding steroid dienone is 1. The summed E-state index contributed by atoms with van der Waals surface area (Å²) < 4.78 is 5.12. The van der Waals surface area contributed by atoms with Crippen molar-refractivity contribution in [1.82, 2.24) is 0 Å². The summed E-state index contributed by atoms with van der Waals surface area (Å²) in [4.78, 5) is 0. The number of hydrogen-bond acceptors (Lipinski definition) is 2. The van der Waals surface area contributed by atoms with Crippen molar-refractivity contribution in [1.29, 1.82) is 0 Å². The maximum absolute atomic E-state index is 9.25. The van der Waals surface area contributed by atoms with Gasteiger partial charge in [0, 0.05) is 12.2 Å². The highest BCUT2D eigenvalue weighted by molar-refractivity contribution is 5.51. The zero-order chi connectivity index (χ0) is 13.1. The second-order valence-electron chi connectivity index (χ2n) is 6.49. The third kappa shape index (κ3) is 2.94. The van der Waals surface area contributed by atoms with Gasteiger partial charge in [-0.25, -0.2) is 0 Å². The molecule has 0 amide bonds. The van der Waals surface area contributed by atoms with Gasteiger partial charge in [-0.3, -0.25) is 0 Å². The molecule has 2 aliphatic rings. The van der Waals surface area contributed by atoms with Crippen LogP contribution in [-0.4, -0.2) is 11.7 Å². The summed E-state index contributed by atoms with van der Waals surface area (Å²) in [6, 6.07) is 2.03. The fraction of sp³-hybridized carbons (Fsp3) is 0.647. The van der Waals surface area contributed by atoms with Crippen molar-refractivity contribution < 1.29 is 9.52 Å². The minimum atomic E-state index is 0.391. The molecule has 19 heavy (non-hydrogen) atoms. The highest BCUT2D eigenvalue weighted by Crippen LogP contribution is 2.50. The lowest BCUT2D eigenvalue weighted by atomic mass is 9.62. The first-order chi connectivity index (χ1) is 9.30. The number of hydrogen-bond donors (Lipinski definition) is 1. The van der Waals surface area contributed by atoms with E-state index < -0.39 is 0 Å². The molecule has 0 radical (unpaired) electrons. The Bertz CT molecular complexity index is 410. The quantitative estimate of drug-likeness (QED) is 0.854. The second-order valence-corrected chi connectivity index (χ2v) is 6.49. The van der Waals surface area contributed by atoms with Crippen LogP contribution in [0.1, 0.15) is 56.9 Å². The van der Waals surface area contributed by atoms with Crippen molar-refractivity contribution in [2.45, 2.75) is 51.4 Å². The van der Waals surface area contributed by atoms with E-state index in [-0.39, 0.29) is 0 Å². The molecule has 1 aromatic heterocycles. The van der Waals surface area contributed by atoms with Crippen LogP contribution in [0.25, 0.3) is 6.08 Å². The Morgan fingerprint density at radius 3 is 2.53 bits per heavy atom. The summed E-state index contributed by atoms with van der Waals surface area (Å²) >= 11 is 0. The number of rotatable bonds is 2. The molecular formula is C17H24O2. The normalized spacial score (nSPS) is 31.6. The highest BCUT2D eigenvalue weighted by Gasteiger charge is 2.36. The molecule has 1 N–H and O–H groups in total. The molecule has 2 nitrogen and oxygen atoms in total. The van der Waals surface area contributed by atoms with E-state index in [2.05, 4.69) is 6.08 Å². The molecule has 1 aromatic rings. The van der Waals surface area contributed by atoms with Gasteiger partial charge in [-0.15, -0.1) is 0 Å². The van der Waals surface area contributed by atoms with Gasteiger partial charge in [-0.05, 0) is 68.8 Å². The van der Waals surface area contributed by atoms with Gasteiger partial charge >= 0.3 is 0 Å². The minimum Gasteiger partial charge on any atom is -0.472 e. The molecular weight excluding hydrogens is 236 g/mol. The minimum absolute atomic E-state index is 0.391. The van der Waals surface area contributed by atoms with Gasteiger partial charge in [0.1, 0.15) is 0 Å². The molecule has 1 spiro atoms. The van der Waals surface area contributed by atoms with Crippen molar-refractivity contribution >= 4 is 6.08 Å². The second kappa shape index (κ2) is 5.54. The SMILES string of the molecule is OCC1CCC2(CCC(=Cc3ccoc3)CC2)CC1. The highest BCUT2D eigenvalue weighted by atomic mass is 16.3. The number of aliphatic hydroxyl groups excluding tert-OH is 1. The summed E-state index contributed by atoms with van der Waals surface area (Å²) in [5, 5.41) is 9.25. The van der Waals surface area contributed by atoms with Crippen LogP contribution in [0.4, 0.5) is 0 Å². The smallest absolute Gasteiger partial charge is 0.0974 e. The Hall–Kier alpha value is -1.02. The average Bonchev–Trinajstić information content (AvgIpc) is 2.96. The Labute approximate surface area is 115 Å². The lowest BCUT2D eigenvalue weighted by molar-refractivity contribution is 0.0840. The molecule has 0 bridgehead atoms. The fourth-order valence-corrected chi connectivity index (χ4v) is 3.81. The largest absolute Gasteiger partial charge is 0.472 e. The van der Waals surface area contributed by atoms with Gasteiger partial charge in [-0.2, -0.15) is 0 Å². The van der Waals surface area contributed by atoms with Gasteiger partial charge in [0.15, 0.2) is 0 Å². The maximum Gasteiger partial charge on any atom is 0.0974 e. The van der Waals surface area contributed by atoms with E-state index in [1.165, 1.54) is 56.9 Å². The van der Waals surface area contributed by atoms with E-state index in [1.807, 2.05) is 12.3 Å². The average molecular weight is 260 g/mol. The third-order valence-corrected chi connectivity index (χ3v) is 5.29. The summed E-state index contributed by atoms with van der Waals surface area (Å²) in [5.74, 6) is 0.577. The van der Waals surface area contributed by atoms with Crippen LogP contribution in [0.15, 0.2) is 28.6 Å². The van der Waals surface area contributed by atoms with E-state index in [1.54, 1.807) is 11.8 Å². The molecule has 0 saturated heterocycles. The molecule has 2 aliphatic carbocycles. The first-order valence-corrected chi connectivity index (χ1v) is 7.62. The van der Waals surface area contributed by atoms with Crippen LogP contribution >= 0.6 is 0 Å². The van der Waals surface area contributed by atoms with Crippen LogP contribution in [0, 0.1) is 11.3 Å². The van der Waals surface area contributed by atoms with Crippen molar-refractivity contribution in [3.05, 3.63) is 29.7 Å². The summed E-state index contributed by atoms with van der Waals surface area (Å²) in [5.41, 5.74) is 3.38. The van der Waals surface area contributed by atoms with Crippen LogP contribution in [0.2, 0.25) is 0 Å². The lowest BCUT2D eigenvalue weighted by Crippen LogP contribution is -2.31. The Kier molecular flexibility index (Phi) is 3.79. The van der Waals surface area contributed by atoms with Gasteiger partial charge in [-0.1, -0.05) is 11.6 Å². The zero-order valence-electron chi connectivity index (χ0n) is 11.6. The maximum atomic E-state index is 9.25. The molecule has 2 fully saturated rings. The Balaban J connectivity index is 1.58. The molecule has 3 rings (SSSR count).